The van der Waals surface area contributed by atoms with E-state index >= 15 is 0 Å². The molecule has 0 radical (unpaired) electrons. The van der Waals surface area contributed by atoms with Gasteiger partial charge in [0.2, 0.25) is 4.38 Å². The smallest absolute Gasteiger partial charge is 0.219 e. The lowest BCUT2D eigenvalue weighted by molar-refractivity contribution is 0.178. The molecule has 1 N–H and O–H groups in total. The van der Waals surface area contributed by atoms with Crippen LogP contribution in [0.5, 0.6) is 5.75 Å². The van der Waals surface area contributed by atoms with Gasteiger partial charge in [-0.1, -0.05) is 86.2 Å². The molecule has 0 aromatic heterocycles. The number of ether oxygens (including phenoxy) is 1. The van der Waals surface area contributed by atoms with Crippen molar-refractivity contribution < 1.29 is 9.84 Å². The van der Waals surface area contributed by atoms with Crippen LogP contribution in [0.3, 0.4) is 0 Å². The number of phenolic OH excluding ortho intramolecular Hbond substituents is 1. The second-order valence-electron chi connectivity index (χ2n) is 9.85. The summed E-state index contributed by atoms with van der Waals surface area (Å²) in [5.74, 6) is 1.37. The molecule has 1 rings (SSSR count). The molecular formula is C22H36O2S2. The molecule has 0 aliphatic carbocycles. The van der Waals surface area contributed by atoms with Gasteiger partial charge in [0.25, 0.3) is 0 Å². The lowest BCUT2D eigenvalue weighted by Crippen LogP contribution is -2.24. The minimum absolute atomic E-state index is 0.0420. The van der Waals surface area contributed by atoms with Crippen LogP contribution in [0.15, 0.2) is 12.1 Å². The fourth-order valence-electron chi connectivity index (χ4n) is 2.96. The largest absolute Gasteiger partial charge is 0.507 e. The molecule has 0 heterocycles. The van der Waals surface area contributed by atoms with Crippen LogP contribution in [0.25, 0.3) is 0 Å². The number of aromatic hydroxyl groups is 1. The van der Waals surface area contributed by atoms with E-state index in [0.717, 1.165) is 23.3 Å². The van der Waals surface area contributed by atoms with Gasteiger partial charge in [-0.25, -0.2) is 0 Å². The zero-order valence-corrected chi connectivity index (χ0v) is 19.6. The standard InChI is InChI=1S/C22H36O2S2/c1-10-26-19(25)24-14-22(8,9)13-15-11-16(20(2,3)4)18(23)17(12-15)21(5,6)7/h11-12,23H,10,13-14H2,1-9H3. The second-order valence-corrected chi connectivity index (χ2v) is 11.7. The van der Waals surface area contributed by atoms with Crippen molar-refractivity contribution in [1.29, 1.82) is 0 Å². The molecule has 0 spiro atoms. The fraction of sp³-hybridized carbons (Fsp3) is 0.682. The van der Waals surface area contributed by atoms with Gasteiger partial charge in [0, 0.05) is 5.41 Å². The van der Waals surface area contributed by atoms with Crippen molar-refractivity contribution in [3.63, 3.8) is 0 Å². The van der Waals surface area contributed by atoms with Crippen LogP contribution in [0.4, 0.5) is 0 Å². The minimum Gasteiger partial charge on any atom is -0.507 e. The molecule has 2 nitrogen and oxygen atoms in total. The first-order valence-corrected chi connectivity index (χ1v) is 10.7. The summed E-state index contributed by atoms with van der Waals surface area (Å²) in [5.41, 5.74) is 2.99. The van der Waals surface area contributed by atoms with E-state index < -0.39 is 0 Å². The molecule has 0 aliphatic heterocycles. The van der Waals surface area contributed by atoms with E-state index in [-0.39, 0.29) is 16.2 Å². The van der Waals surface area contributed by atoms with E-state index in [1.165, 1.54) is 5.56 Å². The summed E-state index contributed by atoms with van der Waals surface area (Å²) in [6.45, 7) is 19.9. The quantitative estimate of drug-likeness (QED) is 0.567. The maximum absolute atomic E-state index is 10.9. The van der Waals surface area contributed by atoms with Gasteiger partial charge in [-0.3, -0.25) is 0 Å². The van der Waals surface area contributed by atoms with E-state index in [1.807, 2.05) is 0 Å². The van der Waals surface area contributed by atoms with E-state index in [2.05, 4.69) is 74.4 Å². The SMILES string of the molecule is CCSC(=S)OCC(C)(C)Cc1cc(C(C)(C)C)c(O)c(C(C)(C)C)c1. The Morgan fingerprint density at radius 3 is 1.85 bits per heavy atom. The number of rotatable bonds is 5. The highest BCUT2D eigenvalue weighted by Gasteiger charge is 2.28. The summed E-state index contributed by atoms with van der Waals surface area (Å²) in [4.78, 5) is 0. The molecule has 0 unspecified atom stereocenters. The third-order valence-electron chi connectivity index (χ3n) is 4.31. The molecule has 0 saturated heterocycles. The first-order valence-electron chi connectivity index (χ1n) is 9.34. The number of phenols is 1. The van der Waals surface area contributed by atoms with Gasteiger partial charge in [-0.15, -0.1) is 0 Å². The normalized spacial score (nSPS) is 13.0. The Balaban J connectivity index is 3.18. The topological polar surface area (TPSA) is 29.5 Å². The predicted molar refractivity (Wildman–Crippen MR) is 120 cm³/mol. The molecule has 1 aromatic rings. The van der Waals surface area contributed by atoms with Crippen LogP contribution < -0.4 is 0 Å². The maximum Gasteiger partial charge on any atom is 0.219 e. The molecule has 148 valence electrons. The van der Waals surface area contributed by atoms with E-state index in [9.17, 15) is 5.11 Å². The molecule has 0 atom stereocenters. The van der Waals surface area contributed by atoms with Crippen molar-refractivity contribution in [2.75, 3.05) is 12.4 Å². The summed E-state index contributed by atoms with van der Waals surface area (Å²) in [6, 6.07) is 4.32. The highest BCUT2D eigenvalue weighted by molar-refractivity contribution is 8.22. The first-order chi connectivity index (χ1) is 11.7. The molecule has 0 fully saturated rings. The summed E-state index contributed by atoms with van der Waals surface area (Å²) in [6.07, 6.45) is 0.874. The molecule has 0 aliphatic rings. The van der Waals surface area contributed by atoms with Gasteiger partial charge in [-0.2, -0.15) is 0 Å². The molecule has 1 aromatic carbocycles. The van der Waals surface area contributed by atoms with E-state index in [4.69, 9.17) is 17.0 Å². The van der Waals surface area contributed by atoms with Crippen molar-refractivity contribution >= 4 is 28.4 Å². The van der Waals surface area contributed by atoms with Gasteiger partial charge in [0.1, 0.15) is 5.75 Å². The third-order valence-corrected chi connectivity index (χ3v) is 5.42. The van der Waals surface area contributed by atoms with Crippen molar-refractivity contribution in [3.8, 4) is 5.75 Å². The van der Waals surface area contributed by atoms with Gasteiger partial charge in [0.05, 0.1) is 6.61 Å². The molecular weight excluding hydrogens is 360 g/mol. The molecule has 0 saturated carbocycles. The van der Waals surface area contributed by atoms with Crippen LogP contribution in [-0.4, -0.2) is 21.8 Å². The third kappa shape index (κ3) is 6.77. The summed E-state index contributed by atoms with van der Waals surface area (Å²) in [7, 11) is 0. The Morgan fingerprint density at radius 2 is 1.46 bits per heavy atom. The average Bonchev–Trinajstić information content (AvgIpc) is 2.44. The predicted octanol–water partition coefficient (Wildman–Crippen LogP) is 6.61. The van der Waals surface area contributed by atoms with Crippen LogP contribution >= 0.6 is 24.0 Å². The van der Waals surface area contributed by atoms with Crippen molar-refractivity contribution in [2.24, 2.45) is 5.41 Å². The number of hydrogen-bond donors (Lipinski definition) is 1. The minimum atomic E-state index is -0.111. The van der Waals surface area contributed by atoms with Gasteiger partial charge in [0.15, 0.2) is 0 Å². The van der Waals surface area contributed by atoms with Crippen molar-refractivity contribution in [2.45, 2.75) is 79.6 Å². The monoisotopic (exact) mass is 396 g/mol. The van der Waals surface area contributed by atoms with Crippen LogP contribution in [0.1, 0.15) is 79.0 Å². The number of hydrogen-bond acceptors (Lipinski definition) is 4. The van der Waals surface area contributed by atoms with Crippen LogP contribution in [-0.2, 0) is 22.0 Å². The summed E-state index contributed by atoms with van der Waals surface area (Å²) >= 11 is 6.82. The molecule has 26 heavy (non-hydrogen) atoms. The van der Waals surface area contributed by atoms with E-state index in [0.29, 0.717) is 16.7 Å². The van der Waals surface area contributed by atoms with Gasteiger partial charge < -0.3 is 9.84 Å². The average molecular weight is 397 g/mol. The summed E-state index contributed by atoms with van der Waals surface area (Å²) < 4.78 is 6.41. The molecule has 0 bridgehead atoms. The Labute approximate surface area is 170 Å². The zero-order valence-electron chi connectivity index (χ0n) is 17.9. The van der Waals surface area contributed by atoms with Crippen molar-refractivity contribution in [1.82, 2.24) is 0 Å². The first kappa shape index (κ1) is 23.3. The lowest BCUT2D eigenvalue weighted by Gasteiger charge is -2.30. The number of thiocarbonyl (C=S) groups is 1. The Kier molecular flexibility index (Phi) is 7.63. The molecule has 0 amide bonds. The highest BCUT2D eigenvalue weighted by atomic mass is 32.2. The summed E-state index contributed by atoms with van der Waals surface area (Å²) in [5, 5.41) is 10.9. The zero-order chi connectivity index (χ0) is 20.3. The van der Waals surface area contributed by atoms with Gasteiger partial charge >= 0.3 is 0 Å². The van der Waals surface area contributed by atoms with Crippen LogP contribution in [0, 0.1) is 5.41 Å². The second kappa shape index (κ2) is 8.52. The lowest BCUT2D eigenvalue weighted by atomic mass is 9.76. The maximum atomic E-state index is 10.9. The van der Waals surface area contributed by atoms with Crippen LogP contribution in [0.2, 0.25) is 0 Å². The Morgan fingerprint density at radius 1 is 1.00 bits per heavy atom. The number of benzene rings is 1. The number of thioether (sulfide) groups is 1. The fourth-order valence-corrected chi connectivity index (χ4v) is 3.75. The molecule has 4 heteroatoms. The van der Waals surface area contributed by atoms with Gasteiger partial charge in [-0.05, 0) is 51.9 Å². The Bertz CT molecular complexity index is 600. The Hall–Kier alpha value is -0.740. The highest BCUT2D eigenvalue weighted by Crippen LogP contribution is 2.40. The van der Waals surface area contributed by atoms with Crippen molar-refractivity contribution in [3.05, 3.63) is 28.8 Å². The van der Waals surface area contributed by atoms with E-state index in [1.54, 1.807) is 11.8 Å².